The number of furan rings is 2. The van der Waals surface area contributed by atoms with E-state index in [-0.39, 0.29) is 18.2 Å². The van der Waals surface area contributed by atoms with Crippen molar-refractivity contribution in [2.75, 3.05) is 13.1 Å². The lowest BCUT2D eigenvalue weighted by Gasteiger charge is -2.22. The molecular formula is C19H26N2O4. The average Bonchev–Trinajstić information content (AvgIpc) is 3.32. The smallest absolute Gasteiger partial charge is 0.257 e. The molecule has 136 valence electrons. The predicted octanol–water partition coefficient (Wildman–Crippen LogP) is 3.60. The van der Waals surface area contributed by atoms with Crippen molar-refractivity contribution in [3.63, 3.8) is 0 Å². The van der Waals surface area contributed by atoms with Gasteiger partial charge in [0, 0.05) is 19.5 Å². The fraction of sp³-hybridized carbons (Fsp3) is 0.474. The Balaban J connectivity index is 1.81. The van der Waals surface area contributed by atoms with Crippen LogP contribution in [0.4, 0.5) is 0 Å². The van der Waals surface area contributed by atoms with E-state index in [9.17, 15) is 9.59 Å². The van der Waals surface area contributed by atoms with E-state index in [0.29, 0.717) is 31.0 Å². The van der Waals surface area contributed by atoms with Gasteiger partial charge < -0.3 is 19.1 Å². The summed E-state index contributed by atoms with van der Waals surface area (Å²) < 4.78 is 10.2. The minimum Gasteiger partial charge on any atom is -0.472 e. The zero-order valence-electron chi connectivity index (χ0n) is 14.7. The second-order valence-electron chi connectivity index (χ2n) is 5.97. The molecule has 0 aliphatic carbocycles. The summed E-state index contributed by atoms with van der Waals surface area (Å²) in [5, 5.41) is 2.80. The molecule has 0 aliphatic heterocycles. The molecule has 0 aromatic carbocycles. The summed E-state index contributed by atoms with van der Waals surface area (Å²) in [6.45, 7) is 3.55. The molecule has 0 saturated carbocycles. The summed E-state index contributed by atoms with van der Waals surface area (Å²) in [5.74, 6) is 0.512. The Kier molecular flexibility index (Phi) is 7.82. The first-order chi connectivity index (χ1) is 12.2. The Morgan fingerprint density at radius 2 is 2.00 bits per heavy atom. The van der Waals surface area contributed by atoms with E-state index >= 15 is 0 Å². The third-order valence-electron chi connectivity index (χ3n) is 3.99. The van der Waals surface area contributed by atoms with Crippen molar-refractivity contribution in [3.05, 3.63) is 48.3 Å². The van der Waals surface area contributed by atoms with Crippen LogP contribution >= 0.6 is 0 Å². The number of nitrogens with one attached hydrogen (secondary N) is 1. The van der Waals surface area contributed by atoms with Gasteiger partial charge in [0.1, 0.15) is 12.0 Å². The molecule has 1 N–H and O–H groups in total. The Labute approximate surface area is 148 Å². The lowest BCUT2D eigenvalue weighted by molar-refractivity contribution is -0.121. The van der Waals surface area contributed by atoms with Crippen LogP contribution in [0.25, 0.3) is 0 Å². The van der Waals surface area contributed by atoms with Gasteiger partial charge in [0.2, 0.25) is 5.91 Å². The van der Waals surface area contributed by atoms with Crippen molar-refractivity contribution < 1.29 is 18.4 Å². The van der Waals surface area contributed by atoms with Gasteiger partial charge in [0.25, 0.3) is 5.91 Å². The molecule has 6 heteroatoms. The average molecular weight is 346 g/mol. The number of hydrogen-bond donors (Lipinski definition) is 1. The lowest BCUT2D eigenvalue weighted by atomic mass is 10.2. The second kappa shape index (κ2) is 10.4. The van der Waals surface area contributed by atoms with E-state index in [0.717, 1.165) is 25.7 Å². The summed E-state index contributed by atoms with van der Waals surface area (Å²) in [4.78, 5) is 26.3. The summed E-state index contributed by atoms with van der Waals surface area (Å²) >= 11 is 0. The molecule has 2 heterocycles. The number of unbranched alkanes of at least 4 members (excludes halogenated alkanes) is 3. The molecule has 0 saturated heterocycles. The first-order valence-corrected chi connectivity index (χ1v) is 8.81. The van der Waals surface area contributed by atoms with Crippen LogP contribution in [0, 0.1) is 0 Å². The van der Waals surface area contributed by atoms with Gasteiger partial charge in [0.05, 0.1) is 24.6 Å². The fourth-order valence-corrected chi connectivity index (χ4v) is 2.54. The molecule has 0 aliphatic rings. The second-order valence-corrected chi connectivity index (χ2v) is 5.97. The molecule has 2 aromatic rings. The van der Waals surface area contributed by atoms with Gasteiger partial charge >= 0.3 is 0 Å². The molecule has 2 aromatic heterocycles. The van der Waals surface area contributed by atoms with E-state index in [1.807, 2.05) is 6.07 Å². The Hall–Kier alpha value is -2.50. The molecule has 2 amide bonds. The van der Waals surface area contributed by atoms with E-state index in [4.69, 9.17) is 8.83 Å². The van der Waals surface area contributed by atoms with Gasteiger partial charge in [-0.3, -0.25) is 9.59 Å². The number of amides is 2. The van der Waals surface area contributed by atoms with Crippen LogP contribution in [0.5, 0.6) is 0 Å². The number of rotatable bonds is 11. The molecule has 25 heavy (non-hydrogen) atoms. The van der Waals surface area contributed by atoms with Crippen LogP contribution < -0.4 is 5.32 Å². The van der Waals surface area contributed by atoms with Gasteiger partial charge in [-0.05, 0) is 24.6 Å². The van der Waals surface area contributed by atoms with Gasteiger partial charge in [-0.1, -0.05) is 26.2 Å². The van der Waals surface area contributed by atoms with E-state index < -0.39 is 0 Å². The molecule has 0 radical (unpaired) electrons. The number of hydrogen-bond acceptors (Lipinski definition) is 4. The minimum absolute atomic E-state index is 0.0934. The van der Waals surface area contributed by atoms with Crippen molar-refractivity contribution in [1.29, 1.82) is 0 Å². The molecule has 0 bridgehead atoms. The van der Waals surface area contributed by atoms with Gasteiger partial charge in [-0.15, -0.1) is 0 Å². The van der Waals surface area contributed by atoms with Gasteiger partial charge in [0.15, 0.2) is 0 Å². The predicted molar refractivity (Wildman–Crippen MR) is 93.9 cm³/mol. The number of carbonyl (C=O) groups is 2. The highest BCUT2D eigenvalue weighted by Gasteiger charge is 2.17. The van der Waals surface area contributed by atoms with Gasteiger partial charge in [-0.25, -0.2) is 0 Å². The molecular weight excluding hydrogens is 320 g/mol. The van der Waals surface area contributed by atoms with Crippen molar-refractivity contribution in [2.45, 2.75) is 45.6 Å². The topological polar surface area (TPSA) is 75.7 Å². The van der Waals surface area contributed by atoms with E-state index in [1.54, 1.807) is 23.3 Å². The summed E-state index contributed by atoms with van der Waals surface area (Å²) in [6, 6.07) is 5.24. The Morgan fingerprint density at radius 1 is 1.12 bits per heavy atom. The van der Waals surface area contributed by atoms with Crippen molar-refractivity contribution >= 4 is 11.8 Å². The summed E-state index contributed by atoms with van der Waals surface area (Å²) in [7, 11) is 0. The van der Waals surface area contributed by atoms with E-state index in [1.165, 1.54) is 12.5 Å². The third kappa shape index (κ3) is 6.49. The maximum absolute atomic E-state index is 12.5. The maximum atomic E-state index is 12.5. The maximum Gasteiger partial charge on any atom is 0.257 e. The molecule has 0 spiro atoms. The fourth-order valence-electron chi connectivity index (χ4n) is 2.54. The molecule has 0 fully saturated rings. The van der Waals surface area contributed by atoms with Crippen molar-refractivity contribution in [3.8, 4) is 0 Å². The Morgan fingerprint density at radius 3 is 2.68 bits per heavy atom. The normalized spacial score (nSPS) is 10.6. The van der Waals surface area contributed by atoms with Crippen LogP contribution in [0.3, 0.4) is 0 Å². The first kappa shape index (κ1) is 18.8. The van der Waals surface area contributed by atoms with Crippen LogP contribution in [0.1, 0.15) is 55.1 Å². The van der Waals surface area contributed by atoms with E-state index in [2.05, 4.69) is 12.2 Å². The highest BCUT2D eigenvalue weighted by molar-refractivity contribution is 5.94. The molecule has 6 nitrogen and oxygen atoms in total. The molecule has 0 unspecified atom stereocenters. The van der Waals surface area contributed by atoms with Crippen molar-refractivity contribution in [2.24, 2.45) is 0 Å². The van der Waals surface area contributed by atoms with Crippen LogP contribution in [-0.4, -0.2) is 29.8 Å². The monoisotopic (exact) mass is 346 g/mol. The lowest BCUT2D eigenvalue weighted by Crippen LogP contribution is -2.35. The summed E-state index contributed by atoms with van der Waals surface area (Å²) in [5.41, 5.74) is 0.520. The number of nitrogens with zero attached hydrogens (tertiary/aromatic N) is 1. The quantitative estimate of drug-likeness (QED) is 0.631. The van der Waals surface area contributed by atoms with Gasteiger partial charge in [-0.2, -0.15) is 0 Å². The zero-order valence-corrected chi connectivity index (χ0v) is 14.7. The first-order valence-electron chi connectivity index (χ1n) is 8.81. The largest absolute Gasteiger partial charge is 0.472 e. The Bertz CT molecular complexity index is 620. The molecule has 0 atom stereocenters. The third-order valence-corrected chi connectivity index (χ3v) is 3.99. The zero-order chi connectivity index (χ0) is 17.9. The highest BCUT2D eigenvalue weighted by Crippen LogP contribution is 2.09. The SMILES string of the molecule is CCCCCCN(CCC(=O)NCc1ccco1)C(=O)c1ccoc1. The highest BCUT2D eigenvalue weighted by atomic mass is 16.3. The summed E-state index contributed by atoms with van der Waals surface area (Å²) in [6.07, 6.45) is 9.07. The standard InChI is InChI=1S/C19H26N2O4/c1-2-3-4-5-10-21(19(23)16-9-13-24-15-16)11-8-18(22)20-14-17-7-6-12-25-17/h6-7,9,12-13,15H,2-5,8,10-11,14H2,1H3,(H,20,22). The minimum atomic E-state index is -0.102. The molecule has 2 rings (SSSR count). The number of carbonyl (C=O) groups excluding carboxylic acids is 2. The van der Waals surface area contributed by atoms with Crippen LogP contribution in [-0.2, 0) is 11.3 Å². The van der Waals surface area contributed by atoms with Crippen molar-refractivity contribution in [1.82, 2.24) is 10.2 Å². The van der Waals surface area contributed by atoms with Crippen LogP contribution in [0.2, 0.25) is 0 Å². The van der Waals surface area contributed by atoms with Crippen LogP contribution in [0.15, 0.2) is 45.8 Å².